The van der Waals surface area contributed by atoms with E-state index in [1.54, 1.807) is 6.20 Å². The van der Waals surface area contributed by atoms with Gasteiger partial charge in [0, 0.05) is 23.3 Å². The van der Waals surface area contributed by atoms with Crippen molar-refractivity contribution in [3.63, 3.8) is 0 Å². The van der Waals surface area contributed by atoms with Crippen LogP contribution in [0.2, 0.25) is 0 Å². The largest absolute Gasteiger partial charge is 0.460 e. The Hall–Kier alpha value is -3.73. The van der Waals surface area contributed by atoms with Gasteiger partial charge in [-0.15, -0.1) is 0 Å². The maximum atomic E-state index is 15.0. The van der Waals surface area contributed by atoms with Crippen molar-refractivity contribution >= 4 is 34.2 Å². The number of nitrogens with one attached hydrogen (secondary N) is 2. The standard InChI is InChI=1S/C27H30FN5O2/c1-16(13-23(34)35-27(2,3)4)24(17-10-11-17)32-26-20(28)14-18(15-29)25(33-26)31-22-9-5-8-21-19(22)7-6-12-30-21/h5-9,12,14,16-17,24H,10-11,13H2,1-4H3,(H2,31,32,33)/t16-,24+/m1/s1. The highest BCUT2D eigenvalue weighted by Crippen LogP contribution is 2.39. The van der Waals surface area contributed by atoms with Crippen molar-refractivity contribution in [1.82, 2.24) is 9.97 Å². The summed E-state index contributed by atoms with van der Waals surface area (Å²) in [4.78, 5) is 21.2. The Kier molecular flexibility index (Phi) is 6.88. The van der Waals surface area contributed by atoms with Crippen molar-refractivity contribution in [2.45, 2.75) is 58.6 Å². The summed E-state index contributed by atoms with van der Waals surface area (Å²) >= 11 is 0. The summed E-state index contributed by atoms with van der Waals surface area (Å²) in [7, 11) is 0. The van der Waals surface area contributed by atoms with Crippen molar-refractivity contribution in [3.05, 3.63) is 54.0 Å². The number of carbonyl (C=O) groups excluding carboxylic acids is 1. The second-order valence-corrected chi connectivity index (χ2v) is 10.1. The SMILES string of the molecule is C[C@H](CC(=O)OC(C)(C)C)[C@H](Nc1nc(Nc2cccc3ncccc23)c(C#N)cc1F)C1CC1. The molecule has 1 fully saturated rings. The molecule has 0 saturated heterocycles. The number of ether oxygens (including phenoxy) is 1. The Morgan fingerprint density at radius 3 is 2.71 bits per heavy atom. The van der Waals surface area contributed by atoms with Crippen molar-refractivity contribution in [3.8, 4) is 6.07 Å². The molecule has 1 saturated carbocycles. The summed E-state index contributed by atoms with van der Waals surface area (Å²) < 4.78 is 20.5. The topological polar surface area (TPSA) is 99.9 Å². The van der Waals surface area contributed by atoms with E-state index in [-0.39, 0.29) is 41.5 Å². The maximum absolute atomic E-state index is 15.0. The van der Waals surface area contributed by atoms with E-state index in [2.05, 4.69) is 20.6 Å². The highest BCUT2D eigenvalue weighted by atomic mass is 19.1. The average molecular weight is 476 g/mol. The van der Waals surface area contributed by atoms with Crippen LogP contribution in [-0.2, 0) is 9.53 Å². The molecule has 7 nitrogen and oxygen atoms in total. The zero-order valence-corrected chi connectivity index (χ0v) is 20.4. The van der Waals surface area contributed by atoms with Gasteiger partial charge in [0.05, 0.1) is 17.5 Å². The van der Waals surface area contributed by atoms with E-state index in [0.717, 1.165) is 23.7 Å². The van der Waals surface area contributed by atoms with Gasteiger partial charge in [-0.25, -0.2) is 9.37 Å². The van der Waals surface area contributed by atoms with Crippen LogP contribution in [-0.4, -0.2) is 27.6 Å². The fourth-order valence-electron chi connectivity index (χ4n) is 4.22. The molecule has 3 aromatic rings. The predicted octanol–water partition coefficient (Wildman–Crippen LogP) is 5.94. The van der Waals surface area contributed by atoms with E-state index in [1.807, 2.05) is 64.1 Å². The van der Waals surface area contributed by atoms with Crippen molar-refractivity contribution in [1.29, 1.82) is 5.26 Å². The Bertz CT molecular complexity index is 1270. The van der Waals surface area contributed by atoms with Crippen LogP contribution in [0, 0.1) is 29.0 Å². The summed E-state index contributed by atoms with van der Waals surface area (Å²) in [6.07, 6.45) is 3.93. The number of halogens is 1. The molecule has 0 aliphatic heterocycles. The lowest BCUT2D eigenvalue weighted by molar-refractivity contribution is -0.156. The third-order valence-corrected chi connectivity index (χ3v) is 5.95. The number of carbonyl (C=O) groups is 1. The molecule has 2 aromatic heterocycles. The van der Waals surface area contributed by atoms with Gasteiger partial charge in [-0.1, -0.05) is 13.0 Å². The molecule has 35 heavy (non-hydrogen) atoms. The first-order valence-electron chi connectivity index (χ1n) is 11.8. The molecular formula is C27H30FN5O2. The second-order valence-electron chi connectivity index (χ2n) is 10.1. The molecule has 8 heteroatoms. The first-order chi connectivity index (χ1) is 16.6. The molecule has 0 bridgehead atoms. The van der Waals surface area contributed by atoms with Gasteiger partial charge >= 0.3 is 5.97 Å². The van der Waals surface area contributed by atoms with Crippen LogP contribution in [0.4, 0.5) is 21.7 Å². The molecule has 0 spiro atoms. The van der Waals surface area contributed by atoms with Gasteiger partial charge in [0.25, 0.3) is 0 Å². The normalized spacial score (nSPS) is 15.2. The van der Waals surface area contributed by atoms with Crippen LogP contribution in [0.25, 0.3) is 10.9 Å². The van der Waals surface area contributed by atoms with E-state index in [0.29, 0.717) is 11.6 Å². The predicted molar refractivity (Wildman–Crippen MR) is 134 cm³/mol. The van der Waals surface area contributed by atoms with Crippen LogP contribution in [0.3, 0.4) is 0 Å². The lowest BCUT2D eigenvalue weighted by Gasteiger charge is -2.27. The molecule has 2 atom stereocenters. The number of nitriles is 1. The molecule has 0 unspecified atom stereocenters. The maximum Gasteiger partial charge on any atom is 0.306 e. The molecule has 2 heterocycles. The number of rotatable bonds is 8. The molecule has 4 rings (SSSR count). The minimum Gasteiger partial charge on any atom is -0.460 e. The number of hydrogen-bond acceptors (Lipinski definition) is 7. The van der Waals surface area contributed by atoms with E-state index in [1.165, 1.54) is 6.07 Å². The lowest BCUT2D eigenvalue weighted by atomic mass is 9.94. The van der Waals surface area contributed by atoms with Gasteiger partial charge in [-0.2, -0.15) is 5.26 Å². The van der Waals surface area contributed by atoms with E-state index < -0.39 is 11.4 Å². The van der Waals surface area contributed by atoms with Gasteiger partial charge in [0.2, 0.25) is 0 Å². The van der Waals surface area contributed by atoms with Crippen molar-refractivity contribution in [2.75, 3.05) is 10.6 Å². The van der Waals surface area contributed by atoms with Crippen LogP contribution in [0.15, 0.2) is 42.6 Å². The average Bonchev–Trinajstić information content (AvgIpc) is 3.63. The van der Waals surface area contributed by atoms with E-state index >= 15 is 0 Å². The van der Waals surface area contributed by atoms with Crippen LogP contribution < -0.4 is 10.6 Å². The van der Waals surface area contributed by atoms with Crippen molar-refractivity contribution in [2.24, 2.45) is 11.8 Å². The number of anilines is 3. The minimum absolute atomic E-state index is 0.0535. The number of esters is 1. The van der Waals surface area contributed by atoms with Gasteiger partial charge in [-0.3, -0.25) is 9.78 Å². The van der Waals surface area contributed by atoms with Gasteiger partial charge in [-0.05, 0) is 75.8 Å². The third kappa shape index (κ3) is 6.04. The highest BCUT2D eigenvalue weighted by Gasteiger charge is 2.37. The van der Waals surface area contributed by atoms with Crippen LogP contribution in [0.1, 0.15) is 52.5 Å². The van der Waals surface area contributed by atoms with Crippen molar-refractivity contribution < 1.29 is 13.9 Å². The van der Waals surface area contributed by atoms with Gasteiger partial charge in [0.15, 0.2) is 17.5 Å². The Morgan fingerprint density at radius 1 is 1.26 bits per heavy atom. The quantitative estimate of drug-likeness (QED) is 0.389. The highest BCUT2D eigenvalue weighted by molar-refractivity contribution is 5.93. The number of fused-ring (bicyclic) bond motifs is 1. The molecule has 1 aliphatic carbocycles. The number of aromatic nitrogens is 2. The number of benzene rings is 1. The molecule has 1 aliphatic rings. The van der Waals surface area contributed by atoms with E-state index in [9.17, 15) is 14.4 Å². The number of nitrogens with zero attached hydrogens (tertiary/aromatic N) is 3. The molecule has 182 valence electrons. The Labute approximate surface area is 204 Å². The molecule has 0 amide bonds. The summed E-state index contributed by atoms with van der Waals surface area (Å²) in [5.74, 6) is -0.348. The zero-order chi connectivity index (χ0) is 25.2. The molecule has 1 aromatic carbocycles. The minimum atomic E-state index is -0.609. The summed E-state index contributed by atoms with van der Waals surface area (Å²) in [5.41, 5.74) is 1.05. The van der Waals surface area contributed by atoms with E-state index in [4.69, 9.17) is 4.74 Å². The van der Waals surface area contributed by atoms with Gasteiger partial charge in [0.1, 0.15) is 11.7 Å². The monoisotopic (exact) mass is 475 g/mol. The summed E-state index contributed by atoms with van der Waals surface area (Å²) in [5, 5.41) is 16.9. The Balaban J connectivity index is 1.59. The molecule has 2 N–H and O–H groups in total. The first kappa shape index (κ1) is 24.4. The number of hydrogen-bond donors (Lipinski definition) is 2. The molecular weight excluding hydrogens is 445 g/mol. The van der Waals surface area contributed by atoms with Gasteiger partial charge < -0.3 is 15.4 Å². The second kappa shape index (κ2) is 9.87. The summed E-state index contributed by atoms with van der Waals surface area (Å²) in [6, 6.07) is 12.4. The fourth-order valence-corrected chi connectivity index (χ4v) is 4.22. The number of pyridine rings is 2. The third-order valence-electron chi connectivity index (χ3n) is 5.95. The fraction of sp³-hybridized carbons (Fsp3) is 0.407. The van der Waals surface area contributed by atoms with Crippen LogP contribution in [0.5, 0.6) is 0 Å². The smallest absolute Gasteiger partial charge is 0.306 e. The molecule has 0 radical (unpaired) electrons. The first-order valence-corrected chi connectivity index (χ1v) is 11.8. The van der Waals surface area contributed by atoms with Crippen LogP contribution >= 0.6 is 0 Å². The lowest BCUT2D eigenvalue weighted by Crippen LogP contribution is -2.34. The zero-order valence-electron chi connectivity index (χ0n) is 20.4. The summed E-state index contributed by atoms with van der Waals surface area (Å²) in [6.45, 7) is 7.47. The Morgan fingerprint density at radius 2 is 2.03 bits per heavy atom.